The summed E-state index contributed by atoms with van der Waals surface area (Å²) in [5.41, 5.74) is 5.42. The van der Waals surface area contributed by atoms with E-state index < -0.39 is 0 Å². The van der Waals surface area contributed by atoms with Gasteiger partial charge in [-0.05, 0) is 54.5 Å². The number of pyridine rings is 2. The molecule has 2 aromatic heterocycles. The Hall–Kier alpha value is -1.28. The van der Waals surface area contributed by atoms with Gasteiger partial charge in [0.15, 0.2) is 6.20 Å². The van der Waals surface area contributed by atoms with Crippen LogP contribution in [0.1, 0.15) is 88.2 Å². The topological polar surface area (TPSA) is 16.8 Å². The van der Waals surface area contributed by atoms with Crippen molar-refractivity contribution in [1.29, 1.82) is 0 Å². The molecule has 0 spiro atoms. The zero-order valence-electron chi connectivity index (χ0n) is 22.0. The number of halogens is 2. The van der Waals surface area contributed by atoms with E-state index in [1.54, 1.807) is 0 Å². The number of benzene rings is 2. The van der Waals surface area contributed by atoms with Gasteiger partial charge in [-0.15, -0.1) is 24.0 Å². The molecule has 0 N–H and O–H groups in total. The molecule has 4 heteroatoms. The first-order chi connectivity index (χ1) is 16.7. The van der Waals surface area contributed by atoms with Crippen LogP contribution in [0.5, 0.6) is 0 Å². The molecule has 2 nitrogen and oxygen atoms in total. The second-order valence-electron chi connectivity index (χ2n) is 10.0. The van der Waals surface area contributed by atoms with E-state index in [0.717, 1.165) is 5.52 Å². The van der Waals surface area contributed by atoms with Crippen molar-refractivity contribution >= 4 is 45.8 Å². The lowest BCUT2D eigenvalue weighted by Crippen LogP contribution is -3.00. The fourth-order valence-corrected chi connectivity index (χ4v) is 5.35. The number of hydrogen-bond donors (Lipinski definition) is 0. The third-order valence-corrected chi connectivity index (χ3v) is 7.43. The van der Waals surface area contributed by atoms with Gasteiger partial charge in [0.05, 0.1) is 5.52 Å². The number of para-hydroxylation sites is 2. The monoisotopic (exact) mass is 708 g/mol. The minimum atomic E-state index is 0. The minimum absolute atomic E-state index is 0. The maximum atomic E-state index is 4.51. The second-order valence-corrected chi connectivity index (χ2v) is 10.0. The van der Waals surface area contributed by atoms with Gasteiger partial charge in [-0.3, -0.25) is 4.98 Å². The van der Waals surface area contributed by atoms with Crippen LogP contribution >= 0.6 is 24.0 Å². The Bertz CT molecular complexity index is 1190. The van der Waals surface area contributed by atoms with Crippen molar-refractivity contribution in [2.75, 3.05) is 0 Å². The van der Waals surface area contributed by atoms with Gasteiger partial charge in [-0.25, -0.2) is 4.57 Å². The van der Waals surface area contributed by atoms with Gasteiger partial charge >= 0.3 is 0 Å². The molecule has 0 bridgehead atoms. The van der Waals surface area contributed by atoms with Crippen molar-refractivity contribution in [1.82, 2.24) is 4.98 Å². The van der Waals surface area contributed by atoms with Crippen LogP contribution in [-0.2, 0) is 13.5 Å². The number of hydrogen-bond acceptors (Lipinski definition) is 1. The van der Waals surface area contributed by atoms with E-state index in [2.05, 4.69) is 90.4 Å². The Morgan fingerprint density at radius 3 is 2.08 bits per heavy atom. The minimum Gasteiger partial charge on any atom is -1.00 e. The molecular formula is C32H42I2N2. The third-order valence-electron chi connectivity index (χ3n) is 7.43. The average molecular weight is 709 g/mol. The molecule has 2 aromatic carbocycles. The van der Waals surface area contributed by atoms with E-state index in [0.29, 0.717) is 5.92 Å². The zero-order chi connectivity index (χ0) is 23.6. The van der Waals surface area contributed by atoms with Crippen molar-refractivity contribution < 1.29 is 28.5 Å². The molecule has 0 aliphatic rings. The first kappa shape index (κ1) is 30.9. The van der Waals surface area contributed by atoms with E-state index in [1.807, 2.05) is 6.20 Å². The van der Waals surface area contributed by atoms with Gasteiger partial charge in [0, 0.05) is 29.1 Å². The summed E-state index contributed by atoms with van der Waals surface area (Å²) in [5.74, 6) is 0.608. The lowest BCUT2D eigenvalue weighted by atomic mass is 9.92. The van der Waals surface area contributed by atoms with Crippen LogP contribution in [0.15, 0.2) is 73.1 Å². The molecule has 0 aliphatic heterocycles. The Kier molecular flexibility index (Phi) is 14.2. The lowest BCUT2D eigenvalue weighted by molar-refractivity contribution is -0.644. The maximum Gasteiger partial charge on any atom is 0.212 e. The molecule has 4 aromatic rings. The fourth-order valence-electron chi connectivity index (χ4n) is 5.35. The van der Waals surface area contributed by atoms with Gasteiger partial charge in [0.25, 0.3) is 0 Å². The zero-order valence-corrected chi connectivity index (χ0v) is 26.5. The molecule has 0 saturated carbocycles. The van der Waals surface area contributed by atoms with Crippen molar-refractivity contribution in [3.05, 3.63) is 84.2 Å². The summed E-state index contributed by atoms with van der Waals surface area (Å²) in [7, 11) is 2.13. The Labute approximate surface area is 252 Å². The summed E-state index contributed by atoms with van der Waals surface area (Å²) in [6.45, 7) is 2.38. The van der Waals surface area contributed by atoms with Crippen molar-refractivity contribution in [2.24, 2.45) is 7.05 Å². The Morgan fingerprint density at radius 1 is 0.722 bits per heavy atom. The van der Waals surface area contributed by atoms with E-state index in [4.69, 9.17) is 0 Å². The summed E-state index contributed by atoms with van der Waals surface area (Å²) in [6, 6.07) is 21.9. The largest absolute Gasteiger partial charge is 1.00 e. The first-order valence-electron chi connectivity index (χ1n) is 13.4. The normalized spacial score (nSPS) is 11.7. The summed E-state index contributed by atoms with van der Waals surface area (Å²) in [6.07, 6.45) is 19.0. The molecule has 0 aliphatic carbocycles. The van der Waals surface area contributed by atoms with E-state index >= 15 is 0 Å². The number of nitrogens with zero attached hydrogens (tertiary/aromatic N) is 2. The average Bonchev–Trinajstić information content (AvgIpc) is 2.88. The number of aromatic nitrogens is 2. The molecule has 4 rings (SSSR count). The number of rotatable bonds is 13. The van der Waals surface area contributed by atoms with Crippen LogP contribution in [0.4, 0.5) is 0 Å². The highest BCUT2D eigenvalue weighted by molar-refractivity contribution is 14.0. The Balaban J connectivity index is 0.00000228. The predicted molar refractivity (Wildman–Crippen MR) is 161 cm³/mol. The SMILES string of the molecule is CC(CCCCCCCCCCCc1cc[n+](C)c2ccccc12)c1ccnc2ccccc12.I.[I-]. The van der Waals surface area contributed by atoms with Crippen LogP contribution in [0.2, 0.25) is 0 Å². The molecule has 0 saturated heterocycles. The fraction of sp³-hybridized carbons (Fsp3) is 0.438. The number of aryl methyl sites for hydroxylation is 2. The smallest absolute Gasteiger partial charge is 0.212 e. The molecule has 36 heavy (non-hydrogen) atoms. The molecule has 0 fully saturated rings. The van der Waals surface area contributed by atoms with Crippen LogP contribution in [0, 0.1) is 0 Å². The first-order valence-corrected chi connectivity index (χ1v) is 13.4. The van der Waals surface area contributed by atoms with Crippen molar-refractivity contribution in [2.45, 2.75) is 83.5 Å². The van der Waals surface area contributed by atoms with Gasteiger partial charge in [0.1, 0.15) is 7.05 Å². The van der Waals surface area contributed by atoms with Crippen LogP contribution in [-0.4, -0.2) is 4.98 Å². The maximum absolute atomic E-state index is 4.51. The molecule has 1 atom stereocenters. The summed E-state index contributed by atoms with van der Waals surface area (Å²) in [4.78, 5) is 4.51. The number of unbranched alkanes of at least 4 members (excludes halogenated alkanes) is 8. The Morgan fingerprint density at radius 2 is 1.33 bits per heavy atom. The number of fused-ring (bicyclic) bond motifs is 2. The van der Waals surface area contributed by atoms with Crippen LogP contribution < -0.4 is 28.5 Å². The van der Waals surface area contributed by atoms with Gasteiger partial charge in [0.2, 0.25) is 5.52 Å². The summed E-state index contributed by atoms with van der Waals surface area (Å²) in [5, 5.41) is 2.74. The summed E-state index contributed by atoms with van der Waals surface area (Å²) >= 11 is 0. The van der Waals surface area contributed by atoms with E-state index in [-0.39, 0.29) is 48.0 Å². The summed E-state index contributed by atoms with van der Waals surface area (Å²) < 4.78 is 2.22. The molecule has 2 heterocycles. The highest BCUT2D eigenvalue weighted by Crippen LogP contribution is 2.28. The van der Waals surface area contributed by atoms with Crippen LogP contribution in [0.3, 0.4) is 0 Å². The second kappa shape index (κ2) is 16.5. The van der Waals surface area contributed by atoms with Crippen molar-refractivity contribution in [3.8, 4) is 0 Å². The van der Waals surface area contributed by atoms with Gasteiger partial charge < -0.3 is 24.0 Å². The van der Waals surface area contributed by atoms with E-state index in [1.165, 1.54) is 98.0 Å². The highest BCUT2D eigenvalue weighted by atomic mass is 127. The van der Waals surface area contributed by atoms with E-state index in [9.17, 15) is 0 Å². The lowest BCUT2D eigenvalue weighted by Gasteiger charge is -2.14. The van der Waals surface area contributed by atoms with Gasteiger partial charge in [-0.2, -0.15) is 0 Å². The standard InChI is InChI=1S/C32H41N2.2HI/c1-26(28-22-24-33-31-20-14-12-19-30(28)31)16-10-8-6-4-3-5-7-9-11-17-27-23-25-34(2)32-21-15-13-18-29(27)32;;/h12-15,18-26H,3-11,16-17H2,1-2H3;2*1H/q+1;;/p-1. The van der Waals surface area contributed by atoms with Crippen molar-refractivity contribution in [3.63, 3.8) is 0 Å². The van der Waals surface area contributed by atoms with Crippen LogP contribution in [0.25, 0.3) is 21.8 Å². The molecule has 0 amide bonds. The molecule has 194 valence electrons. The highest BCUT2D eigenvalue weighted by Gasteiger charge is 2.10. The third kappa shape index (κ3) is 8.64. The molecular weight excluding hydrogens is 666 g/mol. The molecule has 0 radical (unpaired) electrons. The van der Waals surface area contributed by atoms with Gasteiger partial charge in [-0.1, -0.05) is 88.6 Å². The molecule has 1 unspecified atom stereocenters. The predicted octanol–water partition coefficient (Wildman–Crippen LogP) is 6.08. The quantitative estimate of drug-likeness (QED) is 0.0936.